The molecular formula is C31H58O4. The van der Waals surface area contributed by atoms with Gasteiger partial charge in [0.2, 0.25) is 0 Å². The van der Waals surface area contributed by atoms with Crippen LogP contribution in [0.4, 0.5) is 0 Å². The lowest BCUT2D eigenvalue weighted by molar-refractivity contribution is -0.151. The number of aliphatic carboxylic acids is 1. The molecular weight excluding hydrogens is 436 g/mol. The van der Waals surface area contributed by atoms with Gasteiger partial charge in [-0.25, -0.2) is 0 Å². The number of carboxylic acids is 1. The first-order valence-corrected chi connectivity index (χ1v) is 15.1. The highest BCUT2D eigenvalue weighted by Gasteiger charge is 2.21. The van der Waals surface area contributed by atoms with Gasteiger partial charge in [0.1, 0.15) is 0 Å². The van der Waals surface area contributed by atoms with Crippen LogP contribution in [0.1, 0.15) is 162 Å². The Kier molecular flexibility index (Phi) is 26.2. The van der Waals surface area contributed by atoms with E-state index in [9.17, 15) is 14.7 Å². The second kappa shape index (κ2) is 27.3. The summed E-state index contributed by atoms with van der Waals surface area (Å²) >= 11 is 0. The molecule has 0 bridgehead atoms. The minimum absolute atomic E-state index is 0.00209. The van der Waals surface area contributed by atoms with Crippen molar-refractivity contribution in [3.05, 3.63) is 12.2 Å². The highest BCUT2D eigenvalue weighted by molar-refractivity contribution is 5.78. The molecule has 206 valence electrons. The number of hydrogen-bond acceptors (Lipinski definition) is 3. The van der Waals surface area contributed by atoms with Crippen LogP contribution in [0.5, 0.6) is 0 Å². The minimum atomic E-state index is -0.880. The Morgan fingerprint density at radius 2 is 1.06 bits per heavy atom. The van der Waals surface area contributed by atoms with Gasteiger partial charge in [-0.2, -0.15) is 0 Å². The van der Waals surface area contributed by atoms with Crippen LogP contribution in [0.15, 0.2) is 12.2 Å². The molecule has 0 saturated carbocycles. The summed E-state index contributed by atoms with van der Waals surface area (Å²) in [5, 5.41) is 9.31. The summed E-state index contributed by atoms with van der Waals surface area (Å²) in [4.78, 5) is 23.0. The second-order valence-electron chi connectivity index (χ2n) is 10.3. The number of hydrogen-bond donors (Lipinski definition) is 1. The highest BCUT2D eigenvalue weighted by atomic mass is 16.5. The van der Waals surface area contributed by atoms with Gasteiger partial charge in [-0.1, -0.05) is 129 Å². The lowest BCUT2D eigenvalue weighted by Crippen LogP contribution is -2.19. The predicted octanol–water partition coefficient (Wildman–Crippen LogP) is 9.80. The molecule has 0 aromatic carbocycles. The fourth-order valence-electron chi connectivity index (χ4n) is 4.49. The van der Waals surface area contributed by atoms with E-state index in [1.54, 1.807) is 0 Å². The van der Waals surface area contributed by atoms with Crippen LogP contribution in [0, 0.1) is 5.92 Å². The fourth-order valence-corrected chi connectivity index (χ4v) is 4.49. The van der Waals surface area contributed by atoms with Gasteiger partial charge in [0.05, 0.1) is 18.9 Å². The van der Waals surface area contributed by atoms with Crippen molar-refractivity contribution >= 4 is 11.9 Å². The Balaban J connectivity index is 3.39. The molecule has 1 atom stereocenters. The van der Waals surface area contributed by atoms with Gasteiger partial charge in [-0.05, 0) is 38.5 Å². The number of ether oxygens (including phenoxy) is 1. The topological polar surface area (TPSA) is 63.6 Å². The number of rotatable bonds is 27. The lowest BCUT2D eigenvalue weighted by Gasteiger charge is -2.11. The number of carbonyl (C=O) groups is 2. The van der Waals surface area contributed by atoms with Crippen molar-refractivity contribution in [2.45, 2.75) is 162 Å². The van der Waals surface area contributed by atoms with Gasteiger partial charge in [-0.3, -0.25) is 9.59 Å². The molecule has 0 radical (unpaired) electrons. The first kappa shape index (κ1) is 33.7. The summed E-state index contributed by atoms with van der Waals surface area (Å²) in [5.41, 5.74) is 0. The van der Waals surface area contributed by atoms with Crippen molar-refractivity contribution < 1.29 is 19.4 Å². The number of carboxylic acid groups (broad SMARTS) is 1. The smallest absolute Gasteiger partial charge is 0.307 e. The first-order valence-electron chi connectivity index (χ1n) is 15.1. The monoisotopic (exact) mass is 494 g/mol. The summed E-state index contributed by atoms with van der Waals surface area (Å²) in [7, 11) is 0. The Hall–Kier alpha value is -1.32. The van der Waals surface area contributed by atoms with Crippen LogP contribution in [0.25, 0.3) is 0 Å². The molecule has 0 rings (SSSR count). The Bertz CT molecular complexity index is 500. The third-order valence-corrected chi connectivity index (χ3v) is 6.79. The van der Waals surface area contributed by atoms with E-state index in [-0.39, 0.29) is 12.4 Å². The van der Waals surface area contributed by atoms with Gasteiger partial charge in [-0.15, -0.1) is 0 Å². The van der Waals surface area contributed by atoms with E-state index in [4.69, 9.17) is 4.74 Å². The predicted molar refractivity (Wildman–Crippen MR) is 149 cm³/mol. The average Bonchev–Trinajstić information content (AvgIpc) is 2.84. The van der Waals surface area contributed by atoms with Crippen molar-refractivity contribution in [3.63, 3.8) is 0 Å². The summed E-state index contributed by atoms with van der Waals surface area (Å²) in [6, 6.07) is 0. The second-order valence-corrected chi connectivity index (χ2v) is 10.3. The maximum Gasteiger partial charge on any atom is 0.307 e. The van der Waals surface area contributed by atoms with Crippen LogP contribution in [0.3, 0.4) is 0 Å². The zero-order valence-corrected chi connectivity index (χ0v) is 23.4. The first-order chi connectivity index (χ1) is 17.1. The van der Waals surface area contributed by atoms with E-state index in [1.165, 1.54) is 109 Å². The molecule has 0 aliphatic carbocycles. The van der Waals surface area contributed by atoms with Gasteiger partial charge < -0.3 is 9.84 Å². The summed E-state index contributed by atoms with van der Waals surface area (Å²) in [6.45, 7) is 4.59. The van der Waals surface area contributed by atoms with Crippen LogP contribution in [-0.2, 0) is 14.3 Å². The number of allylic oxidation sites excluding steroid dienone is 2. The van der Waals surface area contributed by atoms with E-state index >= 15 is 0 Å². The number of unbranched alkanes of at least 4 members (excludes halogenated alkanes) is 18. The molecule has 4 nitrogen and oxygen atoms in total. The molecule has 0 aliphatic rings. The molecule has 4 heteroatoms. The van der Waals surface area contributed by atoms with Crippen molar-refractivity contribution in [3.8, 4) is 0 Å². The molecule has 0 amide bonds. The SMILES string of the molecule is CCCCCCCCCCCCC/C=C/CCCCCCCCCC(CC(=O)OCCC)C(=O)O. The van der Waals surface area contributed by atoms with Crippen molar-refractivity contribution in [1.29, 1.82) is 0 Å². The Morgan fingerprint density at radius 1 is 0.629 bits per heavy atom. The standard InChI is InChI=1S/C31H58O4/c1-3-5-6-7-8-9-10-11-12-13-14-15-16-17-18-19-20-21-22-23-24-25-26-29(31(33)34)28-30(32)35-27-4-2/h16-17,29H,3-15,18-28H2,1-2H3,(H,33,34)/b17-16+. The molecule has 0 aromatic heterocycles. The molecule has 1 unspecified atom stereocenters. The van der Waals surface area contributed by atoms with Gasteiger partial charge in [0.15, 0.2) is 0 Å². The zero-order valence-electron chi connectivity index (χ0n) is 23.4. The quantitative estimate of drug-likeness (QED) is 0.0701. The summed E-state index contributed by atoms with van der Waals surface area (Å²) < 4.78 is 5.02. The zero-order chi connectivity index (χ0) is 25.8. The molecule has 0 heterocycles. The van der Waals surface area contributed by atoms with Crippen LogP contribution >= 0.6 is 0 Å². The minimum Gasteiger partial charge on any atom is -0.481 e. The third-order valence-electron chi connectivity index (χ3n) is 6.79. The van der Waals surface area contributed by atoms with Gasteiger partial charge in [0, 0.05) is 0 Å². The van der Waals surface area contributed by atoms with Crippen molar-refractivity contribution in [2.75, 3.05) is 6.61 Å². The lowest BCUT2D eigenvalue weighted by atomic mass is 9.97. The van der Waals surface area contributed by atoms with E-state index in [0.717, 1.165) is 25.7 Å². The highest BCUT2D eigenvalue weighted by Crippen LogP contribution is 2.17. The fraction of sp³-hybridized carbons (Fsp3) is 0.871. The van der Waals surface area contributed by atoms with Crippen LogP contribution in [-0.4, -0.2) is 23.7 Å². The number of carbonyl (C=O) groups excluding carboxylic acids is 1. The van der Waals surface area contributed by atoms with Crippen LogP contribution < -0.4 is 0 Å². The molecule has 0 spiro atoms. The normalized spacial score (nSPS) is 12.3. The summed E-state index contributed by atoms with van der Waals surface area (Å²) in [6.07, 6.45) is 32.1. The Morgan fingerprint density at radius 3 is 1.49 bits per heavy atom. The van der Waals surface area contributed by atoms with Crippen LogP contribution in [0.2, 0.25) is 0 Å². The maximum absolute atomic E-state index is 11.7. The summed E-state index contributed by atoms with van der Waals surface area (Å²) in [5.74, 6) is -1.86. The number of esters is 1. The molecule has 0 aromatic rings. The maximum atomic E-state index is 11.7. The Labute approximate surface area is 217 Å². The van der Waals surface area contributed by atoms with Crippen molar-refractivity contribution in [1.82, 2.24) is 0 Å². The van der Waals surface area contributed by atoms with Gasteiger partial charge in [0.25, 0.3) is 0 Å². The molecule has 1 N–H and O–H groups in total. The largest absolute Gasteiger partial charge is 0.481 e. The molecule has 0 saturated heterocycles. The molecule has 0 aliphatic heterocycles. The molecule has 35 heavy (non-hydrogen) atoms. The van der Waals surface area contributed by atoms with E-state index < -0.39 is 11.9 Å². The molecule has 0 fully saturated rings. The van der Waals surface area contributed by atoms with E-state index in [1.807, 2.05) is 6.92 Å². The van der Waals surface area contributed by atoms with E-state index in [0.29, 0.717) is 13.0 Å². The third kappa shape index (κ3) is 25.6. The van der Waals surface area contributed by atoms with E-state index in [2.05, 4.69) is 19.1 Å². The average molecular weight is 495 g/mol. The van der Waals surface area contributed by atoms with Crippen molar-refractivity contribution in [2.24, 2.45) is 5.92 Å². The van der Waals surface area contributed by atoms with Gasteiger partial charge >= 0.3 is 11.9 Å².